The van der Waals surface area contributed by atoms with E-state index in [0.29, 0.717) is 17.4 Å². The number of hydrogen-bond donors (Lipinski definition) is 1. The molecule has 2 aliphatic carbocycles. The lowest BCUT2D eigenvalue weighted by Gasteiger charge is -2.22. The molecule has 0 spiro atoms. The van der Waals surface area contributed by atoms with E-state index >= 15 is 0 Å². The summed E-state index contributed by atoms with van der Waals surface area (Å²) in [5.41, 5.74) is 7.45. The van der Waals surface area contributed by atoms with E-state index in [1.54, 1.807) is 6.07 Å². The molecule has 4 rings (SSSR count). The molecule has 2 aliphatic rings. The van der Waals surface area contributed by atoms with Crippen LogP contribution in [0.4, 0.5) is 10.3 Å². The highest BCUT2D eigenvalue weighted by Gasteiger charge is 2.39. The molecule has 0 radical (unpaired) electrons. The molecule has 2 fully saturated rings. The fourth-order valence-corrected chi connectivity index (χ4v) is 4.32. The van der Waals surface area contributed by atoms with E-state index in [4.69, 9.17) is 17.3 Å². The fourth-order valence-electron chi connectivity index (χ4n) is 4.17. The number of halogens is 2. The van der Waals surface area contributed by atoms with Crippen LogP contribution in [0, 0.1) is 23.6 Å². The summed E-state index contributed by atoms with van der Waals surface area (Å²) < 4.78 is 15.5. The third-order valence-corrected chi connectivity index (χ3v) is 5.41. The largest absolute Gasteiger partial charge is 0.369 e. The Hall–Kier alpha value is -1.29. The maximum atomic E-state index is 13.5. The molecule has 2 aromatic rings. The van der Waals surface area contributed by atoms with Gasteiger partial charge >= 0.3 is 0 Å². The second-order valence-corrected chi connectivity index (χ2v) is 6.68. The van der Waals surface area contributed by atoms with Crippen molar-refractivity contribution in [1.82, 2.24) is 9.55 Å². The zero-order chi connectivity index (χ0) is 13.9. The Balaban J connectivity index is 1.72. The summed E-state index contributed by atoms with van der Waals surface area (Å²) in [4.78, 5) is 4.26. The van der Waals surface area contributed by atoms with Crippen molar-refractivity contribution in [2.45, 2.75) is 32.2 Å². The van der Waals surface area contributed by atoms with Crippen molar-refractivity contribution in [3.05, 3.63) is 23.0 Å². The molecule has 5 heteroatoms. The molecule has 1 aromatic heterocycles. The molecule has 2 saturated carbocycles. The SMILES string of the molecule is Nc1nc2cc(F)c(Cl)cc2n1CC1CC2CCC1C2. The predicted molar refractivity (Wildman–Crippen MR) is 78.1 cm³/mol. The summed E-state index contributed by atoms with van der Waals surface area (Å²) in [7, 11) is 0. The van der Waals surface area contributed by atoms with Gasteiger partial charge in [-0.15, -0.1) is 0 Å². The lowest BCUT2D eigenvalue weighted by molar-refractivity contribution is 0.300. The first-order chi connectivity index (χ1) is 9.61. The van der Waals surface area contributed by atoms with E-state index in [1.807, 2.05) is 4.57 Å². The van der Waals surface area contributed by atoms with Gasteiger partial charge in [0.15, 0.2) is 0 Å². The molecule has 3 unspecified atom stereocenters. The van der Waals surface area contributed by atoms with Crippen LogP contribution in [0.5, 0.6) is 0 Å². The van der Waals surface area contributed by atoms with Gasteiger partial charge in [-0.05, 0) is 43.1 Å². The summed E-state index contributed by atoms with van der Waals surface area (Å²) in [5, 5.41) is 0.131. The number of aromatic nitrogens is 2. The molecule has 1 heterocycles. The molecule has 2 bridgehead atoms. The van der Waals surface area contributed by atoms with Crippen molar-refractivity contribution in [2.75, 3.05) is 5.73 Å². The second-order valence-electron chi connectivity index (χ2n) is 6.27. The van der Waals surface area contributed by atoms with Crippen LogP contribution in [-0.2, 0) is 6.54 Å². The molecule has 0 aliphatic heterocycles. The number of anilines is 1. The van der Waals surface area contributed by atoms with Crippen LogP contribution < -0.4 is 5.73 Å². The van der Waals surface area contributed by atoms with Gasteiger partial charge in [-0.2, -0.15) is 0 Å². The van der Waals surface area contributed by atoms with Crippen molar-refractivity contribution in [3.63, 3.8) is 0 Å². The second kappa shape index (κ2) is 4.35. The van der Waals surface area contributed by atoms with Gasteiger partial charge < -0.3 is 10.3 Å². The standard InChI is InChI=1S/C15H17ClFN3/c16-11-5-14-13(6-12(11)17)19-15(18)20(14)7-10-4-8-1-2-9(10)3-8/h5-6,8-10H,1-4,7H2,(H2,18,19). The van der Waals surface area contributed by atoms with E-state index < -0.39 is 5.82 Å². The molecular weight excluding hydrogens is 277 g/mol. The third-order valence-electron chi connectivity index (χ3n) is 5.12. The lowest BCUT2D eigenvalue weighted by atomic mass is 9.89. The minimum atomic E-state index is -0.441. The van der Waals surface area contributed by atoms with Gasteiger partial charge in [-0.25, -0.2) is 9.37 Å². The van der Waals surface area contributed by atoms with Gasteiger partial charge in [0, 0.05) is 12.6 Å². The molecule has 1 aromatic carbocycles. The first kappa shape index (κ1) is 12.5. The van der Waals surface area contributed by atoms with Crippen molar-refractivity contribution in [2.24, 2.45) is 17.8 Å². The number of nitrogens with zero attached hydrogens (tertiary/aromatic N) is 2. The van der Waals surface area contributed by atoms with E-state index in [-0.39, 0.29) is 5.02 Å². The van der Waals surface area contributed by atoms with Crippen molar-refractivity contribution in [1.29, 1.82) is 0 Å². The molecule has 3 nitrogen and oxygen atoms in total. The maximum Gasteiger partial charge on any atom is 0.201 e. The molecule has 0 saturated heterocycles. The van der Waals surface area contributed by atoms with Crippen LogP contribution in [0.2, 0.25) is 5.02 Å². The highest BCUT2D eigenvalue weighted by atomic mass is 35.5. The van der Waals surface area contributed by atoms with Gasteiger partial charge in [-0.1, -0.05) is 18.0 Å². The van der Waals surface area contributed by atoms with E-state index in [1.165, 1.54) is 31.7 Å². The number of benzene rings is 1. The monoisotopic (exact) mass is 293 g/mol. The summed E-state index contributed by atoms with van der Waals surface area (Å²) in [6, 6.07) is 3.01. The molecule has 106 valence electrons. The summed E-state index contributed by atoms with van der Waals surface area (Å²) in [5.74, 6) is 2.43. The molecule has 2 N–H and O–H groups in total. The van der Waals surface area contributed by atoms with Crippen LogP contribution in [0.15, 0.2) is 12.1 Å². The van der Waals surface area contributed by atoms with Gasteiger partial charge in [0.25, 0.3) is 0 Å². The van der Waals surface area contributed by atoms with E-state index in [2.05, 4.69) is 4.98 Å². The first-order valence-electron chi connectivity index (χ1n) is 7.22. The van der Waals surface area contributed by atoms with Crippen LogP contribution in [0.3, 0.4) is 0 Å². The Morgan fingerprint density at radius 3 is 2.90 bits per heavy atom. The van der Waals surface area contributed by atoms with Crippen LogP contribution in [-0.4, -0.2) is 9.55 Å². The van der Waals surface area contributed by atoms with Crippen LogP contribution in [0.25, 0.3) is 11.0 Å². The number of rotatable bonds is 2. The average Bonchev–Trinajstić information content (AvgIpc) is 3.08. The zero-order valence-corrected chi connectivity index (χ0v) is 11.9. The number of nitrogens with two attached hydrogens (primary N) is 1. The topological polar surface area (TPSA) is 43.8 Å². The highest BCUT2D eigenvalue weighted by molar-refractivity contribution is 6.31. The average molecular weight is 294 g/mol. The Labute approximate surface area is 121 Å². The highest BCUT2D eigenvalue weighted by Crippen LogP contribution is 2.49. The number of nitrogen functional groups attached to an aromatic ring is 1. The number of fused-ring (bicyclic) bond motifs is 3. The first-order valence-corrected chi connectivity index (χ1v) is 7.60. The predicted octanol–water partition coefficient (Wildman–Crippen LogP) is 3.85. The summed E-state index contributed by atoms with van der Waals surface area (Å²) in [6.45, 7) is 0.880. The van der Waals surface area contributed by atoms with Gasteiger partial charge in [0.05, 0.1) is 16.1 Å². The van der Waals surface area contributed by atoms with Crippen molar-refractivity contribution in [3.8, 4) is 0 Å². The van der Waals surface area contributed by atoms with Crippen molar-refractivity contribution < 1.29 is 4.39 Å². The fraction of sp³-hybridized carbons (Fsp3) is 0.533. The Morgan fingerprint density at radius 1 is 1.35 bits per heavy atom. The minimum absolute atomic E-state index is 0.131. The Morgan fingerprint density at radius 2 is 2.20 bits per heavy atom. The number of hydrogen-bond acceptors (Lipinski definition) is 2. The lowest BCUT2D eigenvalue weighted by Crippen LogP contribution is -2.18. The third kappa shape index (κ3) is 1.81. The van der Waals surface area contributed by atoms with E-state index in [9.17, 15) is 4.39 Å². The van der Waals surface area contributed by atoms with Gasteiger partial charge in [-0.3, -0.25) is 0 Å². The van der Waals surface area contributed by atoms with Crippen LogP contribution >= 0.6 is 11.6 Å². The van der Waals surface area contributed by atoms with E-state index in [0.717, 1.165) is 23.9 Å². The minimum Gasteiger partial charge on any atom is -0.369 e. The Bertz CT molecular complexity index is 681. The van der Waals surface area contributed by atoms with Gasteiger partial charge in [0.2, 0.25) is 5.95 Å². The quantitative estimate of drug-likeness (QED) is 0.914. The molecular formula is C15H17ClFN3. The number of imidazole rings is 1. The summed E-state index contributed by atoms with van der Waals surface area (Å²) >= 11 is 5.89. The zero-order valence-electron chi connectivity index (χ0n) is 11.1. The molecule has 0 amide bonds. The van der Waals surface area contributed by atoms with Crippen molar-refractivity contribution >= 4 is 28.6 Å². The molecule has 3 atom stereocenters. The Kier molecular flexibility index (Phi) is 2.71. The smallest absolute Gasteiger partial charge is 0.201 e. The van der Waals surface area contributed by atoms with Crippen LogP contribution in [0.1, 0.15) is 25.7 Å². The maximum absolute atomic E-state index is 13.5. The van der Waals surface area contributed by atoms with Gasteiger partial charge in [0.1, 0.15) is 5.82 Å². The summed E-state index contributed by atoms with van der Waals surface area (Å²) in [6.07, 6.45) is 5.39. The normalized spacial score (nSPS) is 28.6. The molecule has 20 heavy (non-hydrogen) atoms.